The van der Waals surface area contributed by atoms with Gasteiger partial charge < -0.3 is 20.1 Å². The van der Waals surface area contributed by atoms with Crippen LogP contribution in [0.15, 0.2) is 30.6 Å². The van der Waals surface area contributed by atoms with Crippen molar-refractivity contribution < 1.29 is 23.4 Å². The maximum absolute atomic E-state index is 13.2. The first-order valence-corrected chi connectivity index (χ1v) is 8.06. The van der Waals surface area contributed by atoms with Crippen LogP contribution in [0.2, 0.25) is 0 Å². The molecule has 1 aromatic heterocycles. The summed E-state index contributed by atoms with van der Waals surface area (Å²) in [6, 6.07) is 2.84. The van der Waals surface area contributed by atoms with Gasteiger partial charge in [0.05, 0.1) is 12.1 Å². The summed E-state index contributed by atoms with van der Waals surface area (Å²) in [5, 5.41) is 13.0. The minimum Gasteiger partial charge on any atom is -0.487 e. The van der Waals surface area contributed by atoms with E-state index in [1.807, 2.05) is 0 Å². The van der Waals surface area contributed by atoms with E-state index in [0.29, 0.717) is 24.5 Å². The number of aromatic nitrogens is 2. The van der Waals surface area contributed by atoms with E-state index in [-0.39, 0.29) is 18.2 Å². The third kappa shape index (κ3) is 4.05. The molecule has 1 aliphatic rings. The summed E-state index contributed by atoms with van der Waals surface area (Å²) in [5.41, 5.74) is 0.308. The van der Waals surface area contributed by atoms with E-state index >= 15 is 0 Å². The van der Waals surface area contributed by atoms with Gasteiger partial charge in [0.25, 0.3) is 5.91 Å². The number of carbonyl (C=O) groups excluding carboxylic acids is 1. The Kier molecular flexibility index (Phi) is 5.27. The molecule has 1 aliphatic heterocycles. The average molecular weight is 364 g/mol. The predicted octanol–water partition coefficient (Wildman–Crippen LogP) is 1.45. The zero-order valence-corrected chi connectivity index (χ0v) is 14.0. The van der Waals surface area contributed by atoms with Crippen LogP contribution in [0.5, 0.6) is 5.75 Å². The summed E-state index contributed by atoms with van der Waals surface area (Å²) >= 11 is 0. The third-order valence-corrected chi connectivity index (χ3v) is 4.05. The molecule has 0 spiro atoms. The molecule has 1 saturated heterocycles. The van der Waals surface area contributed by atoms with E-state index < -0.39 is 23.8 Å². The Labute approximate surface area is 148 Å². The van der Waals surface area contributed by atoms with Gasteiger partial charge in [-0.25, -0.2) is 18.7 Å². The maximum atomic E-state index is 13.2. The number of hydrogen-bond donors (Lipinski definition) is 2. The number of hydrogen-bond acceptors (Lipinski definition) is 6. The van der Waals surface area contributed by atoms with Crippen molar-refractivity contribution >= 4 is 11.9 Å². The number of aliphatic hydroxyl groups is 1. The normalized spacial score (nSPS) is 19.9. The maximum Gasteiger partial charge on any atom is 0.257 e. The zero-order valence-electron chi connectivity index (χ0n) is 14.0. The summed E-state index contributed by atoms with van der Waals surface area (Å²) in [4.78, 5) is 21.9. The Hall–Kier alpha value is -2.81. The molecule has 0 aliphatic carbocycles. The smallest absolute Gasteiger partial charge is 0.257 e. The van der Waals surface area contributed by atoms with Crippen LogP contribution in [-0.4, -0.2) is 58.2 Å². The number of likely N-dealkylation sites (tertiary alicyclic amines) is 1. The molecule has 0 unspecified atom stereocenters. The van der Waals surface area contributed by atoms with Gasteiger partial charge in [0.1, 0.15) is 29.6 Å². The molecule has 1 aromatic carbocycles. The van der Waals surface area contributed by atoms with Crippen LogP contribution in [0.25, 0.3) is 0 Å². The van der Waals surface area contributed by atoms with Crippen molar-refractivity contribution in [3.05, 3.63) is 47.8 Å². The molecule has 3 rings (SSSR count). The van der Waals surface area contributed by atoms with E-state index in [2.05, 4.69) is 15.3 Å². The van der Waals surface area contributed by atoms with Crippen molar-refractivity contribution in [2.45, 2.75) is 18.6 Å². The number of anilines is 1. The zero-order chi connectivity index (χ0) is 18.7. The lowest BCUT2D eigenvalue weighted by atomic mass is 10.0. The lowest BCUT2D eigenvalue weighted by Crippen LogP contribution is -2.51. The number of aliphatic hydroxyl groups excluding tert-OH is 1. The highest BCUT2D eigenvalue weighted by atomic mass is 19.1. The summed E-state index contributed by atoms with van der Waals surface area (Å²) in [6.07, 6.45) is 1.48. The number of amides is 1. The number of piperidine rings is 1. The Morgan fingerprint density at radius 2 is 1.92 bits per heavy atom. The van der Waals surface area contributed by atoms with Crippen molar-refractivity contribution in [1.29, 1.82) is 0 Å². The molecular formula is C17H18F2N4O3. The van der Waals surface area contributed by atoms with Gasteiger partial charge in [0.15, 0.2) is 0 Å². The predicted molar refractivity (Wildman–Crippen MR) is 88.9 cm³/mol. The van der Waals surface area contributed by atoms with Gasteiger partial charge in [0, 0.05) is 50.6 Å². The molecule has 0 saturated carbocycles. The fraction of sp³-hybridized carbons (Fsp3) is 0.353. The average Bonchev–Trinajstić information content (AvgIpc) is 2.62. The minimum absolute atomic E-state index is 0.00220. The van der Waals surface area contributed by atoms with Crippen molar-refractivity contribution in [3.63, 3.8) is 0 Å². The first-order valence-electron chi connectivity index (χ1n) is 8.06. The lowest BCUT2D eigenvalue weighted by molar-refractivity contribution is -0.0201. The molecule has 2 heterocycles. The summed E-state index contributed by atoms with van der Waals surface area (Å²) in [7, 11) is 1.67. The van der Waals surface area contributed by atoms with Gasteiger partial charge in [-0.15, -0.1) is 0 Å². The van der Waals surface area contributed by atoms with Crippen LogP contribution in [-0.2, 0) is 0 Å². The van der Waals surface area contributed by atoms with Gasteiger partial charge in [-0.2, -0.15) is 0 Å². The minimum atomic E-state index is -0.989. The fourth-order valence-electron chi connectivity index (χ4n) is 2.75. The van der Waals surface area contributed by atoms with Crippen LogP contribution in [0, 0.1) is 11.6 Å². The second-order valence-electron chi connectivity index (χ2n) is 5.91. The molecule has 2 atom stereocenters. The van der Waals surface area contributed by atoms with E-state index in [4.69, 9.17) is 4.74 Å². The van der Waals surface area contributed by atoms with E-state index in [0.717, 1.165) is 18.2 Å². The Morgan fingerprint density at radius 3 is 2.50 bits per heavy atom. The molecule has 0 radical (unpaired) electrons. The van der Waals surface area contributed by atoms with Gasteiger partial charge in [-0.1, -0.05) is 0 Å². The fourth-order valence-corrected chi connectivity index (χ4v) is 2.75. The lowest BCUT2D eigenvalue weighted by Gasteiger charge is -2.35. The van der Waals surface area contributed by atoms with Crippen molar-refractivity contribution in [3.8, 4) is 5.75 Å². The molecule has 7 nitrogen and oxygen atoms in total. The Balaban J connectivity index is 1.63. The van der Waals surface area contributed by atoms with Crippen LogP contribution in [0.1, 0.15) is 16.8 Å². The SMILES string of the molecule is CNc1ncc(C(=O)N2CC[C@@H](Oc3cc(F)cc(F)c3)[C@H](O)C2)cn1. The Morgan fingerprint density at radius 1 is 1.27 bits per heavy atom. The molecule has 138 valence electrons. The van der Waals surface area contributed by atoms with Crippen LogP contribution >= 0.6 is 0 Å². The number of benzene rings is 1. The summed E-state index contributed by atoms with van der Waals surface area (Å²) in [6.45, 7) is 0.362. The Bertz CT molecular complexity index is 768. The van der Waals surface area contributed by atoms with Gasteiger partial charge >= 0.3 is 0 Å². The quantitative estimate of drug-likeness (QED) is 0.854. The van der Waals surface area contributed by atoms with Crippen LogP contribution in [0.4, 0.5) is 14.7 Å². The monoisotopic (exact) mass is 364 g/mol. The van der Waals surface area contributed by atoms with E-state index in [1.54, 1.807) is 7.05 Å². The highest BCUT2D eigenvalue weighted by Gasteiger charge is 2.32. The molecule has 0 bridgehead atoms. The van der Waals surface area contributed by atoms with Gasteiger partial charge in [-0.3, -0.25) is 4.79 Å². The largest absolute Gasteiger partial charge is 0.487 e. The first-order chi connectivity index (χ1) is 12.5. The summed E-state index contributed by atoms with van der Waals surface area (Å²) < 4.78 is 32.0. The number of nitrogens with one attached hydrogen (secondary N) is 1. The molecule has 1 amide bonds. The molecular weight excluding hydrogens is 346 g/mol. The summed E-state index contributed by atoms with van der Waals surface area (Å²) in [5.74, 6) is -1.42. The number of carbonyl (C=O) groups is 1. The molecule has 2 aromatic rings. The number of halogens is 2. The molecule has 9 heteroatoms. The topological polar surface area (TPSA) is 87.6 Å². The van der Waals surface area contributed by atoms with Gasteiger partial charge in [0.2, 0.25) is 5.95 Å². The molecule has 2 N–H and O–H groups in total. The highest BCUT2D eigenvalue weighted by Crippen LogP contribution is 2.22. The third-order valence-electron chi connectivity index (χ3n) is 4.05. The second kappa shape index (κ2) is 7.61. The van der Waals surface area contributed by atoms with Crippen LogP contribution < -0.4 is 10.1 Å². The van der Waals surface area contributed by atoms with Crippen molar-refractivity contribution in [1.82, 2.24) is 14.9 Å². The van der Waals surface area contributed by atoms with Crippen LogP contribution in [0.3, 0.4) is 0 Å². The van der Waals surface area contributed by atoms with Crippen molar-refractivity contribution in [2.75, 3.05) is 25.5 Å². The second-order valence-corrected chi connectivity index (χ2v) is 5.91. The van der Waals surface area contributed by atoms with Gasteiger partial charge in [-0.05, 0) is 0 Å². The van der Waals surface area contributed by atoms with Crippen molar-refractivity contribution in [2.24, 2.45) is 0 Å². The molecule has 26 heavy (non-hydrogen) atoms. The standard InChI is InChI=1S/C17H18F2N4O3/c1-20-17-21-7-10(8-22-17)16(25)23-3-2-15(14(24)9-23)26-13-5-11(18)4-12(19)6-13/h4-8,14-15,24H,2-3,9H2,1H3,(H,20,21,22)/t14-,15-/m1/s1. The highest BCUT2D eigenvalue weighted by molar-refractivity contribution is 5.93. The van der Waals surface area contributed by atoms with E-state index in [1.165, 1.54) is 17.3 Å². The number of ether oxygens (including phenoxy) is 1. The van der Waals surface area contributed by atoms with E-state index in [9.17, 15) is 18.7 Å². The molecule has 1 fully saturated rings. The number of β-amino-alcohol motifs (C(OH)–C–C–N with tert-alkyl or cyclic N) is 1. The number of rotatable bonds is 4. The number of nitrogens with zero attached hydrogens (tertiary/aromatic N) is 3. The first kappa shape index (κ1) is 18.0.